The van der Waals surface area contributed by atoms with Crippen LogP contribution in [0.5, 0.6) is 0 Å². The molecule has 0 heterocycles. The molecule has 5 atom stereocenters. The number of thioether (sulfide) groups is 1. The van der Waals surface area contributed by atoms with Crippen molar-refractivity contribution in [2.24, 2.45) is 17.8 Å². The molecule has 100 valence electrons. The predicted octanol–water partition coefficient (Wildman–Crippen LogP) is 2.99. The fourth-order valence-corrected chi connectivity index (χ4v) is 4.99. The maximum absolute atomic E-state index is 12.3. The number of amides is 1. The third-order valence-electron chi connectivity index (χ3n) is 4.75. The fourth-order valence-electron chi connectivity index (χ4n) is 3.85. The van der Waals surface area contributed by atoms with E-state index in [-0.39, 0.29) is 5.92 Å². The third-order valence-corrected chi connectivity index (χ3v) is 5.98. The molecule has 2 nitrogen and oxygen atoms in total. The third kappa shape index (κ3) is 2.47. The second-order valence-corrected chi connectivity index (χ2v) is 7.56. The van der Waals surface area contributed by atoms with E-state index < -0.39 is 0 Å². The highest BCUT2D eigenvalue weighted by Crippen LogP contribution is 2.43. The zero-order valence-electron chi connectivity index (χ0n) is 11.1. The molecule has 0 aliphatic heterocycles. The van der Waals surface area contributed by atoms with Crippen molar-refractivity contribution in [1.82, 2.24) is 5.32 Å². The molecule has 3 aliphatic carbocycles. The van der Waals surface area contributed by atoms with Crippen LogP contribution in [0.25, 0.3) is 0 Å². The predicted molar refractivity (Wildman–Crippen MR) is 76.5 cm³/mol. The van der Waals surface area contributed by atoms with E-state index in [0.717, 1.165) is 11.7 Å². The maximum Gasteiger partial charge on any atom is 0.223 e. The first-order chi connectivity index (χ1) is 8.76. The lowest BCUT2D eigenvalue weighted by Gasteiger charge is -2.20. The van der Waals surface area contributed by atoms with Gasteiger partial charge in [0, 0.05) is 17.2 Å². The molecule has 2 fully saturated rings. The minimum absolute atomic E-state index is 0.276. The van der Waals surface area contributed by atoms with Gasteiger partial charge in [0.1, 0.15) is 0 Å². The van der Waals surface area contributed by atoms with E-state index in [9.17, 15) is 4.79 Å². The molecule has 2 saturated carbocycles. The normalized spacial score (nSPS) is 41.5. The number of hydrogen-bond acceptors (Lipinski definition) is 2. The van der Waals surface area contributed by atoms with Gasteiger partial charge < -0.3 is 5.32 Å². The van der Waals surface area contributed by atoms with Crippen LogP contribution in [-0.2, 0) is 4.79 Å². The van der Waals surface area contributed by atoms with Crippen LogP contribution >= 0.6 is 11.8 Å². The summed E-state index contributed by atoms with van der Waals surface area (Å²) in [6, 6.07) is 0.449. The highest BCUT2D eigenvalue weighted by molar-refractivity contribution is 7.99. The van der Waals surface area contributed by atoms with Crippen LogP contribution in [0.2, 0.25) is 0 Å². The van der Waals surface area contributed by atoms with Crippen LogP contribution in [0.4, 0.5) is 0 Å². The standard InChI is InChI=1S/C15H23NOS/c1-2-18-13-6-5-12(9-13)16-15(17)14-8-10-3-4-11(14)7-10/h3-4,10-14H,2,5-9H2,1H3,(H,16,17)/t10-,11-,12+,13+,14+/m0/s1. The van der Waals surface area contributed by atoms with E-state index in [1.165, 1.54) is 31.4 Å². The van der Waals surface area contributed by atoms with Gasteiger partial charge in [-0.3, -0.25) is 4.79 Å². The van der Waals surface area contributed by atoms with Crippen LogP contribution in [0, 0.1) is 17.8 Å². The number of nitrogens with one attached hydrogen (secondary N) is 1. The Balaban J connectivity index is 1.49. The quantitative estimate of drug-likeness (QED) is 0.792. The second-order valence-electron chi connectivity index (χ2n) is 5.98. The average Bonchev–Trinajstić information content (AvgIpc) is 3.05. The highest BCUT2D eigenvalue weighted by Gasteiger charge is 2.40. The van der Waals surface area contributed by atoms with Crippen LogP contribution in [-0.4, -0.2) is 23.0 Å². The zero-order valence-corrected chi connectivity index (χ0v) is 11.9. The number of allylic oxidation sites excluding steroid dienone is 2. The van der Waals surface area contributed by atoms with Crippen molar-refractivity contribution in [3.05, 3.63) is 12.2 Å². The van der Waals surface area contributed by atoms with Gasteiger partial charge in [-0.15, -0.1) is 0 Å². The first kappa shape index (κ1) is 12.6. The Morgan fingerprint density at radius 3 is 2.83 bits per heavy atom. The largest absolute Gasteiger partial charge is 0.353 e. The van der Waals surface area contributed by atoms with E-state index in [1.807, 2.05) is 0 Å². The van der Waals surface area contributed by atoms with E-state index in [2.05, 4.69) is 36.2 Å². The maximum atomic E-state index is 12.3. The van der Waals surface area contributed by atoms with Gasteiger partial charge in [0.25, 0.3) is 0 Å². The summed E-state index contributed by atoms with van der Waals surface area (Å²) in [6.07, 6.45) is 10.5. The SMILES string of the molecule is CCS[C@@H]1CC[C@@H](NC(=O)[C@@H]2C[C@H]3C=C[C@H]2C3)C1. The van der Waals surface area contributed by atoms with Gasteiger partial charge in [0.05, 0.1) is 0 Å². The molecule has 0 radical (unpaired) electrons. The summed E-state index contributed by atoms with van der Waals surface area (Å²) < 4.78 is 0. The topological polar surface area (TPSA) is 29.1 Å². The van der Waals surface area contributed by atoms with Crippen molar-refractivity contribution >= 4 is 17.7 Å². The van der Waals surface area contributed by atoms with Gasteiger partial charge in [0.2, 0.25) is 5.91 Å². The fraction of sp³-hybridized carbons (Fsp3) is 0.800. The van der Waals surface area contributed by atoms with Gasteiger partial charge in [0.15, 0.2) is 0 Å². The molecule has 3 rings (SSSR count). The highest BCUT2D eigenvalue weighted by atomic mass is 32.2. The Hall–Kier alpha value is -0.440. The average molecular weight is 265 g/mol. The lowest BCUT2D eigenvalue weighted by Crippen LogP contribution is -2.39. The van der Waals surface area contributed by atoms with Crippen molar-refractivity contribution in [1.29, 1.82) is 0 Å². The van der Waals surface area contributed by atoms with Gasteiger partial charge in [-0.2, -0.15) is 11.8 Å². The second kappa shape index (κ2) is 5.28. The molecule has 3 heteroatoms. The van der Waals surface area contributed by atoms with Crippen LogP contribution in [0.1, 0.15) is 39.0 Å². The van der Waals surface area contributed by atoms with E-state index in [4.69, 9.17) is 0 Å². The number of carbonyl (C=O) groups excluding carboxylic acids is 1. The molecule has 0 aromatic carbocycles. The van der Waals surface area contributed by atoms with E-state index >= 15 is 0 Å². The number of fused-ring (bicyclic) bond motifs is 2. The van der Waals surface area contributed by atoms with Crippen molar-refractivity contribution in [2.75, 3.05) is 5.75 Å². The summed E-state index contributed by atoms with van der Waals surface area (Å²) in [5.74, 6) is 3.04. The lowest BCUT2D eigenvalue weighted by atomic mass is 9.92. The Kier molecular flexibility index (Phi) is 3.69. The summed E-state index contributed by atoms with van der Waals surface area (Å²) in [5, 5.41) is 4.09. The van der Waals surface area contributed by atoms with Crippen LogP contribution < -0.4 is 5.32 Å². The molecule has 0 saturated heterocycles. The van der Waals surface area contributed by atoms with Gasteiger partial charge in [-0.25, -0.2) is 0 Å². The number of hydrogen-bond donors (Lipinski definition) is 1. The summed E-state index contributed by atoms with van der Waals surface area (Å²) in [5.41, 5.74) is 0. The lowest BCUT2D eigenvalue weighted by molar-refractivity contribution is -0.126. The van der Waals surface area contributed by atoms with E-state index in [0.29, 0.717) is 23.8 Å². The number of carbonyl (C=O) groups is 1. The molecular formula is C15H23NOS. The van der Waals surface area contributed by atoms with Gasteiger partial charge in [-0.1, -0.05) is 19.1 Å². The molecule has 1 amide bonds. The molecular weight excluding hydrogens is 242 g/mol. The van der Waals surface area contributed by atoms with Crippen molar-refractivity contribution in [2.45, 2.75) is 50.3 Å². The van der Waals surface area contributed by atoms with Gasteiger partial charge >= 0.3 is 0 Å². The molecule has 2 bridgehead atoms. The molecule has 0 spiro atoms. The number of rotatable bonds is 4. The molecule has 18 heavy (non-hydrogen) atoms. The molecule has 0 unspecified atom stereocenters. The first-order valence-corrected chi connectivity index (χ1v) is 8.41. The van der Waals surface area contributed by atoms with Crippen molar-refractivity contribution in [3.63, 3.8) is 0 Å². The minimum atomic E-state index is 0.276. The smallest absolute Gasteiger partial charge is 0.223 e. The van der Waals surface area contributed by atoms with Crippen molar-refractivity contribution < 1.29 is 4.79 Å². The Morgan fingerprint density at radius 2 is 2.17 bits per heavy atom. The monoisotopic (exact) mass is 265 g/mol. The minimum Gasteiger partial charge on any atom is -0.353 e. The Morgan fingerprint density at radius 1 is 1.28 bits per heavy atom. The Labute approximate surface area is 114 Å². The summed E-state index contributed by atoms with van der Waals surface area (Å²) >= 11 is 2.05. The summed E-state index contributed by atoms with van der Waals surface area (Å²) in [4.78, 5) is 12.3. The summed E-state index contributed by atoms with van der Waals surface area (Å²) in [6.45, 7) is 2.22. The molecule has 1 N–H and O–H groups in total. The summed E-state index contributed by atoms with van der Waals surface area (Å²) in [7, 11) is 0. The molecule has 3 aliphatic rings. The molecule has 0 aromatic heterocycles. The zero-order chi connectivity index (χ0) is 12.5. The van der Waals surface area contributed by atoms with Crippen LogP contribution in [0.3, 0.4) is 0 Å². The van der Waals surface area contributed by atoms with Crippen LogP contribution in [0.15, 0.2) is 12.2 Å². The Bertz CT molecular complexity index is 354. The molecule has 0 aromatic rings. The first-order valence-electron chi connectivity index (χ1n) is 7.36. The van der Waals surface area contributed by atoms with Crippen molar-refractivity contribution in [3.8, 4) is 0 Å². The van der Waals surface area contributed by atoms with Gasteiger partial charge in [-0.05, 0) is 49.7 Å². The van der Waals surface area contributed by atoms with E-state index in [1.54, 1.807) is 0 Å².